The number of carbonyl (C=O) groups excluding carboxylic acids is 3. The molecule has 0 aliphatic carbocycles. The van der Waals surface area contributed by atoms with Crippen molar-refractivity contribution in [2.24, 2.45) is 17.8 Å². The normalized spacial score (nSPS) is 32.0. The van der Waals surface area contributed by atoms with Crippen LogP contribution in [0.2, 0.25) is 0 Å². The molecule has 236 valence electrons. The minimum atomic E-state index is -1.17. The van der Waals surface area contributed by atoms with E-state index in [1.165, 1.54) is 0 Å². The number of fused-ring (bicyclic) bond motifs is 1. The Hall–Kier alpha value is -3.31. The molecule has 2 bridgehead atoms. The summed E-state index contributed by atoms with van der Waals surface area (Å²) in [6.07, 6.45) is 0.852. The van der Waals surface area contributed by atoms with E-state index in [1.807, 2.05) is 74.5 Å². The van der Waals surface area contributed by atoms with Gasteiger partial charge >= 0.3 is 0 Å². The van der Waals surface area contributed by atoms with Gasteiger partial charge in [0.05, 0.1) is 43.3 Å². The van der Waals surface area contributed by atoms with Crippen molar-refractivity contribution in [3.63, 3.8) is 0 Å². The topological polar surface area (TPSA) is 120 Å². The number of carbonyl (C=O) groups is 3. The Kier molecular flexibility index (Phi) is 8.79. The van der Waals surface area contributed by atoms with Gasteiger partial charge in [-0.1, -0.05) is 67.6 Å². The Labute approximate surface area is 259 Å². The highest BCUT2D eigenvalue weighted by Crippen LogP contribution is 2.65. The van der Waals surface area contributed by atoms with Crippen molar-refractivity contribution >= 4 is 17.7 Å². The van der Waals surface area contributed by atoms with Gasteiger partial charge in [0.15, 0.2) is 0 Å². The van der Waals surface area contributed by atoms with Gasteiger partial charge in [0.25, 0.3) is 0 Å². The molecule has 4 fully saturated rings. The maximum absolute atomic E-state index is 14.6. The number of nitrogens with one attached hydrogen (secondary N) is 2. The number of aliphatic hydroxyl groups excluding tert-OH is 1. The zero-order valence-corrected chi connectivity index (χ0v) is 25.6. The minimum absolute atomic E-state index is 0.0654. The number of rotatable bonds is 11. The van der Waals surface area contributed by atoms with Crippen LogP contribution in [-0.2, 0) is 36.8 Å². The molecule has 4 aliphatic heterocycles. The number of nitrogens with zero attached hydrogens (tertiary/aromatic N) is 2. The van der Waals surface area contributed by atoms with Gasteiger partial charge in [0.1, 0.15) is 11.6 Å². The molecule has 0 saturated carbocycles. The van der Waals surface area contributed by atoms with Crippen molar-refractivity contribution in [2.75, 3.05) is 46.0 Å². The molecule has 2 aromatic carbocycles. The highest BCUT2D eigenvalue weighted by atomic mass is 16.5. The van der Waals surface area contributed by atoms with Crippen LogP contribution < -0.4 is 10.6 Å². The Bertz CT molecular complexity index is 1340. The fourth-order valence-electron chi connectivity index (χ4n) is 8.06. The summed E-state index contributed by atoms with van der Waals surface area (Å²) in [7, 11) is 0. The number of ether oxygens (including phenoxy) is 2. The van der Waals surface area contributed by atoms with E-state index in [0.29, 0.717) is 45.7 Å². The van der Waals surface area contributed by atoms with E-state index < -0.39 is 35.1 Å². The molecule has 10 heteroatoms. The largest absolute Gasteiger partial charge is 0.394 e. The highest BCUT2D eigenvalue weighted by molar-refractivity contribution is 5.99. The molecule has 10 nitrogen and oxygen atoms in total. The van der Waals surface area contributed by atoms with Crippen molar-refractivity contribution in [2.45, 2.75) is 56.5 Å². The first-order valence-electron chi connectivity index (χ1n) is 15.8. The van der Waals surface area contributed by atoms with E-state index in [9.17, 15) is 19.5 Å². The summed E-state index contributed by atoms with van der Waals surface area (Å²) in [5.41, 5.74) is -0.179. The highest BCUT2D eigenvalue weighted by Gasteiger charge is 2.80. The zero-order chi connectivity index (χ0) is 30.9. The fraction of sp³-hybridized carbons (Fsp3) is 0.559. The van der Waals surface area contributed by atoms with Gasteiger partial charge in [-0.15, -0.1) is 0 Å². The van der Waals surface area contributed by atoms with E-state index >= 15 is 0 Å². The molecule has 3 unspecified atom stereocenters. The number of aliphatic hydroxyl groups is 1. The third-order valence-electron chi connectivity index (χ3n) is 10.3. The summed E-state index contributed by atoms with van der Waals surface area (Å²) < 4.78 is 12.3. The van der Waals surface area contributed by atoms with E-state index in [2.05, 4.69) is 15.5 Å². The van der Waals surface area contributed by atoms with Crippen LogP contribution in [0.4, 0.5) is 0 Å². The number of amides is 3. The van der Waals surface area contributed by atoms with Crippen LogP contribution in [-0.4, -0.2) is 102 Å². The minimum Gasteiger partial charge on any atom is -0.394 e. The van der Waals surface area contributed by atoms with Crippen molar-refractivity contribution in [3.05, 3.63) is 71.8 Å². The maximum Gasteiger partial charge on any atom is 0.245 e. The second kappa shape index (κ2) is 12.6. The summed E-state index contributed by atoms with van der Waals surface area (Å²) in [4.78, 5) is 46.6. The van der Waals surface area contributed by atoms with Crippen LogP contribution in [0.25, 0.3) is 0 Å². The molecule has 3 amide bonds. The van der Waals surface area contributed by atoms with Gasteiger partial charge in [-0.3, -0.25) is 19.3 Å². The predicted octanol–water partition coefficient (Wildman–Crippen LogP) is 1.37. The van der Waals surface area contributed by atoms with Crippen LogP contribution in [0, 0.1) is 17.8 Å². The second-order valence-corrected chi connectivity index (χ2v) is 12.9. The molecule has 44 heavy (non-hydrogen) atoms. The molecule has 0 radical (unpaired) electrons. The third-order valence-corrected chi connectivity index (χ3v) is 10.3. The molecule has 4 saturated heterocycles. The Balaban J connectivity index is 1.30. The fourth-order valence-corrected chi connectivity index (χ4v) is 8.06. The lowest BCUT2D eigenvalue weighted by molar-refractivity contribution is -0.150. The van der Waals surface area contributed by atoms with Crippen molar-refractivity contribution < 1.29 is 29.0 Å². The average Bonchev–Trinajstić information content (AvgIpc) is 3.56. The van der Waals surface area contributed by atoms with Crippen LogP contribution in [0.5, 0.6) is 0 Å². The third kappa shape index (κ3) is 5.42. The standard InChI is InChI=1S/C34H44N4O6/c1-23-20-34-28(27(33(23,2)44-34)30(40)36-21-25-11-7-4-8-12-25)32(42)38(26(22-39)19-24-9-5-3-6-10-24)29(34)31(41)35-13-14-37-15-17-43-18-16-37/h3-12,23,26-29,39H,13-22H2,1-2H3,(H,35,41)(H,36,40)/t23?,26-,27+,28+,29?,33-,34?/m1/s1. The molecular formula is C34H44N4O6. The Morgan fingerprint density at radius 2 is 1.66 bits per heavy atom. The number of hydrogen-bond donors (Lipinski definition) is 3. The average molecular weight is 605 g/mol. The van der Waals surface area contributed by atoms with Crippen molar-refractivity contribution in [1.82, 2.24) is 20.4 Å². The lowest BCUT2D eigenvalue weighted by atomic mass is 9.62. The van der Waals surface area contributed by atoms with Gasteiger partial charge in [-0.05, 0) is 36.8 Å². The number of hydrogen-bond acceptors (Lipinski definition) is 7. The summed E-state index contributed by atoms with van der Waals surface area (Å²) in [5.74, 6) is -2.53. The first-order chi connectivity index (χ1) is 21.3. The van der Waals surface area contributed by atoms with Gasteiger partial charge in [-0.2, -0.15) is 0 Å². The smallest absolute Gasteiger partial charge is 0.245 e. The molecule has 4 aliphatic rings. The molecule has 6 rings (SSSR count). The lowest BCUT2D eigenvalue weighted by Crippen LogP contribution is -2.59. The first-order valence-corrected chi connectivity index (χ1v) is 15.8. The molecular weight excluding hydrogens is 560 g/mol. The van der Waals surface area contributed by atoms with E-state index in [0.717, 1.165) is 24.2 Å². The van der Waals surface area contributed by atoms with Crippen LogP contribution >= 0.6 is 0 Å². The summed E-state index contributed by atoms with van der Waals surface area (Å²) in [6, 6.07) is 17.7. The van der Waals surface area contributed by atoms with Gasteiger partial charge in [0.2, 0.25) is 17.7 Å². The van der Waals surface area contributed by atoms with Crippen molar-refractivity contribution in [1.29, 1.82) is 0 Å². The summed E-state index contributed by atoms with van der Waals surface area (Å²) in [6.45, 7) is 7.98. The molecule has 1 spiro atoms. The summed E-state index contributed by atoms with van der Waals surface area (Å²) >= 11 is 0. The van der Waals surface area contributed by atoms with E-state index in [4.69, 9.17) is 9.47 Å². The molecule has 2 aromatic rings. The van der Waals surface area contributed by atoms with Crippen LogP contribution in [0.3, 0.4) is 0 Å². The predicted molar refractivity (Wildman–Crippen MR) is 163 cm³/mol. The SMILES string of the molecule is CC1CC23O[C@@]1(C)[C@H](C(=O)NCc1ccccc1)[C@H]2C(=O)N([C@@H](CO)Cc1ccccc1)C3C(=O)NCCN1CCOCC1. The number of morpholine rings is 1. The Morgan fingerprint density at radius 3 is 2.32 bits per heavy atom. The Morgan fingerprint density at radius 1 is 1.00 bits per heavy atom. The second-order valence-electron chi connectivity index (χ2n) is 12.9. The molecule has 4 heterocycles. The van der Waals surface area contributed by atoms with Gasteiger partial charge in [0, 0.05) is 32.7 Å². The monoisotopic (exact) mass is 604 g/mol. The van der Waals surface area contributed by atoms with Crippen LogP contribution in [0.15, 0.2) is 60.7 Å². The summed E-state index contributed by atoms with van der Waals surface area (Å²) in [5, 5.41) is 16.8. The number of benzene rings is 2. The first kappa shape index (κ1) is 30.7. The van der Waals surface area contributed by atoms with Crippen molar-refractivity contribution in [3.8, 4) is 0 Å². The number of likely N-dealkylation sites (tertiary alicyclic amines) is 1. The quantitative estimate of drug-likeness (QED) is 0.354. The molecule has 7 atom stereocenters. The van der Waals surface area contributed by atoms with E-state index in [-0.39, 0.29) is 30.2 Å². The molecule has 3 N–H and O–H groups in total. The lowest BCUT2D eigenvalue weighted by Gasteiger charge is -2.37. The van der Waals surface area contributed by atoms with Gasteiger partial charge in [-0.25, -0.2) is 0 Å². The van der Waals surface area contributed by atoms with Crippen LogP contribution in [0.1, 0.15) is 31.4 Å². The zero-order valence-electron chi connectivity index (χ0n) is 25.6. The maximum atomic E-state index is 14.6. The van der Waals surface area contributed by atoms with Gasteiger partial charge < -0.3 is 30.1 Å². The molecule has 0 aromatic heterocycles. The van der Waals surface area contributed by atoms with E-state index in [1.54, 1.807) is 4.90 Å².